The van der Waals surface area contributed by atoms with Gasteiger partial charge in [0.1, 0.15) is 5.82 Å². The number of aryl methyl sites for hydroxylation is 1. The first-order valence-electron chi connectivity index (χ1n) is 7.59. The van der Waals surface area contributed by atoms with E-state index < -0.39 is 0 Å². The molecule has 1 heterocycles. The lowest BCUT2D eigenvalue weighted by Gasteiger charge is -2.10. The van der Waals surface area contributed by atoms with Crippen molar-refractivity contribution in [3.63, 3.8) is 0 Å². The van der Waals surface area contributed by atoms with Crippen LogP contribution in [0.2, 0.25) is 0 Å². The smallest absolute Gasteiger partial charge is 0.106 e. The summed E-state index contributed by atoms with van der Waals surface area (Å²) in [6, 6.07) is 0. The molecule has 0 aliphatic carbocycles. The van der Waals surface area contributed by atoms with Crippen molar-refractivity contribution in [1.29, 1.82) is 0 Å². The fourth-order valence-corrected chi connectivity index (χ4v) is 2.10. The standard InChI is InChI=1S/C15H29N3O/c1-3-6-14(2)13-19-12-5-9-16-8-4-7-15-17-10-11-18-15/h10-11,14,16H,3-9,12-13H2,1-2H3,(H,17,18). The minimum Gasteiger partial charge on any atom is -0.381 e. The molecule has 19 heavy (non-hydrogen) atoms. The Morgan fingerprint density at radius 2 is 2.21 bits per heavy atom. The van der Waals surface area contributed by atoms with Gasteiger partial charge < -0.3 is 15.0 Å². The number of aromatic amines is 1. The molecule has 110 valence electrons. The van der Waals surface area contributed by atoms with Crippen molar-refractivity contribution in [1.82, 2.24) is 15.3 Å². The second-order valence-corrected chi connectivity index (χ2v) is 5.21. The normalized spacial score (nSPS) is 12.7. The molecule has 0 aliphatic rings. The average molecular weight is 267 g/mol. The third kappa shape index (κ3) is 8.78. The fourth-order valence-electron chi connectivity index (χ4n) is 2.10. The van der Waals surface area contributed by atoms with Crippen LogP contribution in [-0.2, 0) is 11.2 Å². The second kappa shape index (κ2) is 11.0. The van der Waals surface area contributed by atoms with Crippen molar-refractivity contribution in [2.24, 2.45) is 5.92 Å². The van der Waals surface area contributed by atoms with E-state index in [0.717, 1.165) is 51.4 Å². The Hall–Kier alpha value is -0.870. The lowest BCUT2D eigenvalue weighted by atomic mass is 10.1. The van der Waals surface area contributed by atoms with Crippen LogP contribution in [0.1, 0.15) is 45.4 Å². The van der Waals surface area contributed by atoms with Gasteiger partial charge >= 0.3 is 0 Å². The summed E-state index contributed by atoms with van der Waals surface area (Å²) in [5, 5.41) is 3.44. The van der Waals surface area contributed by atoms with Crippen LogP contribution in [0.3, 0.4) is 0 Å². The number of hydrogen-bond acceptors (Lipinski definition) is 3. The Morgan fingerprint density at radius 3 is 2.95 bits per heavy atom. The Labute approximate surface area is 117 Å². The number of nitrogens with zero attached hydrogens (tertiary/aromatic N) is 1. The second-order valence-electron chi connectivity index (χ2n) is 5.21. The van der Waals surface area contributed by atoms with E-state index >= 15 is 0 Å². The van der Waals surface area contributed by atoms with Crippen molar-refractivity contribution >= 4 is 0 Å². The number of hydrogen-bond donors (Lipinski definition) is 2. The Kier molecular flexibility index (Phi) is 9.37. The molecule has 0 spiro atoms. The van der Waals surface area contributed by atoms with Gasteiger partial charge in [-0.05, 0) is 38.3 Å². The van der Waals surface area contributed by atoms with Gasteiger partial charge in [-0.2, -0.15) is 0 Å². The number of aromatic nitrogens is 2. The molecule has 0 aliphatic heterocycles. The summed E-state index contributed by atoms with van der Waals surface area (Å²) in [4.78, 5) is 7.32. The van der Waals surface area contributed by atoms with Crippen molar-refractivity contribution in [2.45, 2.75) is 46.0 Å². The molecule has 1 atom stereocenters. The first-order chi connectivity index (χ1) is 9.33. The maximum Gasteiger partial charge on any atom is 0.106 e. The van der Waals surface area contributed by atoms with E-state index in [1.807, 2.05) is 6.20 Å². The first kappa shape index (κ1) is 16.2. The van der Waals surface area contributed by atoms with Crippen LogP contribution >= 0.6 is 0 Å². The van der Waals surface area contributed by atoms with Gasteiger partial charge in [0.05, 0.1) is 0 Å². The number of H-pyrrole nitrogens is 1. The highest BCUT2D eigenvalue weighted by Crippen LogP contribution is 2.04. The summed E-state index contributed by atoms with van der Waals surface area (Å²) in [6.45, 7) is 8.36. The summed E-state index contributed by atoms with van der Waals surface area (Å²) in [5.74, 6) is 1.78. The summed E-state index contributed by atoms with van der Waals surface area (Å²) in [5.41, 5.74) is 0. The molecule has 1 aromatic heterocycles. The van der Waals surface area contributed by atoms with Gasteiger partial charge in [0.2, 0.25) is 0 Å². The summed E-state index contributed by atoms with van der Waals surface area (Å²) >= 11 is 0. The van der Waals surface area contributed by atoms with E-state index in [0.29, 0.717) is 5.92 Å². The van der Waals surface area contributed by atoms with Crippen LogP contribution in [-0.4, -0.2) is 36.3 Å². The van der Waals surface area contributed by atoms with Gasteiger partial charge in [-0.3, -0.25) is 0 Å². The fraction of sp³-hybridized carbons (Fsp3) is 0.800. The largest absolute Gasteiger partial charge is 0.381 e. The number of nitrogens with one attached hydrogen (secondary N) is 2. The third-order valence-corrected chi connectivity index (χ3v) is 3.15. The zero-order chi connectivity index (χ0) is 13.8. The Morgan fingerprint density at radius 1 is 1.37 bits per heavy atom. The van der Waals surface area contributed by atoms with E-state index in [1.165, 1.54) is 12.8 Å². The maximum absolute atomic E-state index is 5.66. The molecule has 4 nitrogen and oxygen atoms in total. The van der Waals surface area contributed by atoms with E-state index in [2.05, 4.69) is 29.1 Å². The van der Waals surface area contributed by atoms with Gasteiger partial charge in [-0.15, -0.1) is 0 Å². The zero-order valence-corrected chi connectivity index (χ0v) is 12.5. The Bertz CT molecular complexity index is 288. The van der Waals surface area contributed by atoms with E-state index in [-0.39, 0.29) is 0 Å². The summed E-state index contributed by atoms with van der Waals surface area (Å²) < 4.78 is 5.66. The highest BCUT2D eigenvalue weighted by molar-refractivity contribution is 4.86. The molecule has 0 saturated carbocycles. The predicted molar refractivity (Wildman–Crippen MR) is 79.3 cm³/mol. The number of ether oxygens (including phenoxy) is 1. The summed E-state index contributed by atoms with van der Waals surface area (Å²) in [7, 11) is 0. The average Bonchev–Trinajstić information content (AvgIpc) is 2.90. The van der Waals surface area contributed by atoms with Crippen molar-refractivity contribution in [3.8, 4) is 0 Å². The highest BCUT2D eigenvalue weighted by atomic mass is 16.5. The minimum absolute atomic E-state index is 0.700. The van der Waals surface area contributed by atoms with E-state index in [1.54, 1.807) is 6.20 Å². The molecule has 0 fully saturated rings. The highest BCUT2D eigenvalue weighted by Gasteiger charge is 2.00. The van der Waals surface area contributed by atoms with Crippen molar-refractivity contribution < 1.29 is 4.74 Å². The molecule has 1 rings (SSSR count). The van der Waals surface area contributed by atoms with Crippen LogP contribution < -0.4 is 5.32 Å². The van der Waals surface area contributed by atoms with Gasteiger partial charge in [0, 0.05) is 32.0 Å². The summed E-state index contributed by atoms with van der Waals surface area (Å²) in [6.07, 6.45) is 9.44. The third-order valence-electron chi connectivity index (χ3n) is 3.15. The van der Waals surface area contributed by atoms with Gasteiger partial charge in [-0.25, -0.2) is 4.98 Å². The molecule has 0 aromatic carbocycles. The lowest BCUT2D eigenvalue weighted by molar-refractivity contribution is 0.0998. The van der Waals surface area contributed by atoms with Crippen molar-refractivity contribution in [3.05, 3.63) is 18.2 Å². The van der Waals surface area contributed by atoms with Crippen LogP contribution in [0.25, 0.3) is 0 Å². The monoisotopic (exact) mass is 267 g/mol. The molecular formula is C15H29N3O. The molecule has 0 radical (unpaired) electrons. The quantitative estimate of drug-likeness (QED) is 0.573. The van der Waals surface area contributed by atoms with E-state index in [4.69, 9.17) is 4.74 Å². The molecule has 2 N–H and O–H groups in total. The SMILES string of the molecule is CCCC(C)COCCCNCCCc1ncc[nH]1. The number of rotatable bonds is 12. The molecule has 1 unspecified atom stereocenters. The Balaban J connectivity index is 1.78. The lowest BCUT2D eigenvalue weighted by Crippen LogP contribution is -2.19. The van der Waals surface area contributed by atoms with Gasteiger partial charge in [0.15, 0.2) is 0 Å². The molecule has 0 saturated heterocycles. The van der Waals surface area contributed by atoms with E-state index in [9.17, 15) is 0 Å². The number of imidazole rings is 1. The van der Waals surface area contributed by atoms with Crippen LogP contribution in [0, 0.1) is 5.92 Å². The minimum atomic E-state index is 0.700. The molecule has 0 bridgehead atoms. The molecular weight excluding hydrogens is 238 g/mol. The molecule has 1 aromatic rings. The van der Waals surface area contributed by atoms with Crippen LogP contribution in [0.5, 0.6) is 0 Å². The zero-order valence-electron chi connectivity index (χ0n) is 12.5. The predicted octanol–water partition coefficient (Wildman–Crippen LogP) is 2.77. The first-order valence-corrected chi connectivity index (χ1v) is 7.59. The van der Waals surface area contributed by atoms with Gasteiger partial charge in [-0.1, -0.05) is 20.3 Å². The van der Waals surface area contributed by atoms with Crippen LogP contribution in [0.4, 0.5) is 0 Å². The van der Waals surface area contributed by atoms with Crippen molar-refractivity contribution in [2.75, 3.05) is 26.3 Å². The molecule has 0 amide bonds. The topological polar surface area (TPSA) is 49.9 Å². The van der Waals surface area contributed by atoms with Crippen LogP contribution in [0.15, 0.2) is 12.4 Å². The molecule has 4 heteroatoms. The van der Waals surface area contributed by atoms with Gasteiger partial charge in [0.25, 0.3) is 0 Å². The maximum atomic E-state index is 5.66.